The van der Waals surface area contributed by atoms with Crippen LogP contribution in [0.25, 0.3) is 10.9 Å². The van der Waals surface area contributed by atoms with Crippen LogP contribution in [0.15, 0.2) is 34.0 Å². The van der Waals surface area contributed by atoms with Crippen LogP contribution >= 0.6 is 23.4 Å². The Hall–Kier alpha value is -0.970. The fourth-order valence-corrected chi connectivity index (χ4v) is 5.62. The van der Waals surface area contributed by atoms with E-state index < -0.39 is 0 Å². The number of nitrogens with one attached hydrogen (secondary N) is 1. The van der Waals surface area contributed by atoms with Crippen molar-refractivity contribution in [2.24, 2.45) is 0 Å². The summed E-state index contributed by atoms with van der Waals surface area (Å²) in [5.74, 6) is 0. The monoisotopic (exact) mass is 334 g/mol. The zero-order valence-corrected chi connectivity index (χ0v) is 14.1. The van der Waals surface area contributed by atoms with Gasteiger partial charge in [-0.3, -0.25) is 4.79 Å². The second kappa shape index (κ2) is 5.59. The Balaban J connectivity index is 1.61. The lowest BCUT2D eigenvalue weighted by molar-refractivity contribution is 0.183. The summed E-state index contributed by atoms with van der Waals surface area (Å²) in [5.41, 5.74) is 0.723. The van der Waals surface area contributed by atoms with Crippen LogP contribution in [0.1, 0.15) is 25.7 Å². The predicted molar refractivity (Wildman–Crippen MR) is 93.0 cm³/mol. The summed E-state index contributed by atoms with van der Waals surface area (Å²) in [6.07, 6.45) is 5.17. The summed E-state index contributed by atoms with van der Waals surface area (Å²) >= 11 is 8.49. The summed E-state index contributed by atoms with van der Waals surface area (Å²) in [5, 5.41) is 2.35. The third-order valence-electron chi connectivity index (χ3n) is 5.15. The number of hydrogen-bond donors (Lipinski definition) is 1. The van der Waals surface area contributed by atoms with Gasteiger partial charge in [0.05, 0.1) is 5.02 Å². The molecule has 3 nitrogen and oxygen atoms in total. The predicted octanol–water partition coefficient (Wildman–Crippen LogP) is 3.90. The third kappa shape index (κ3) is 2.47. The van der Waals surface area contributed by atoms with Gasteiger partial charge >= 0.3 is 0 Å². The molecule has 0 unspecified atom stereocenters. The van der Waals surface area contributed by atoms with Gasteiger partial charge in [0.25, 0.3) is 0 Å². The quantitative estimate of drug-likeness (QED) is 0.904. The van der Waals surface area contributed by atoms with Gasteiger partial charge in [-0.05, 0) is 50.9 Å². The molecule has 1 N–H and O–H groups in total. The molecular formula is C17H19ClN2OS. The van der Waals surface area contributed by atoms with Crippen LogP contribution in [0, 0.1) is 0 Å². The Morgan fingerprint density at radius 3 is 2.64 bits per heavy atom. The van der Waals surface area contributed by atoms with Gasteiger partial charge in [-0.2, -0.15) is 0 Å². The Morgan fingerprint density at radius 2 is 1.91 bits per heavy atom. The maximum absolute atomic E-state index is 11.4. The van der Waals surface area contributed by atoms with Crippen LogP contribution < -0.4 is 5.56 Å². The molecule has 2 aliphatic rings. The molecule has 2 aromatic rings. The number of pyridine rings is 1. The number of H-pyrrole nitrogens is 1. The number of fused-ring (bicyclic) bond motifs is 3. The molecule has 2 aliphatic heterocycles. The Kier molecular flexibility index (Phi) is 3.71. The highest BCUT2D eigenvalue weighted by molar-refractivity contribution is 8.00. The van der Waals surface area contributed by atoms with Crippen LogP contribution in [0.2, 0.25) is 5.02 Å². The largest absolute Gasteiger partial charge is 0.322 e. The van der Waals surface area contributed by atoms with Gasteiger partial charge in [0.15, 0.2) is 0 Å². The summed E-state index contributed by atoms with van der Waals surface area (Å²) in [6, 6.07) is 8.86. The standard InChI is InChI=1S/C17H19ClN2OS/c1-20-10-2-3-11(20)9-12(8-10)22-15-6-5-14-13(17(15)18)4-7-16(21)19-14/h4-7,10-12H,2-3,8-9H2,1H3,(H,19,21)/t10-,11+,12-. The average molecular weight is 335 g/mol. The first-order valence-corrected chi connectivity index (χ1v) is 9.08. The molecule has 0 radical (unpaired) electrons. The number of aromatic amines is 1. The minimum Gasteiger partial charge on any atom is -0.322 e. The number of thioether (sulfide) groups is 1. The Bertz CT molecular complexity index is 761. The topological polar surface area (TPSA) is 36.1 Å². The lowest BCUT2D eigenvalue weighted by Crippen LogP contribution is -2.40. The summed E-state index contributed by atoms with van der Waals surface area (Å²) in [4.78, 5) is 17.9. The van der Waals surface area contributed by atoms with E-state index in [1.807, 2.05) is 30.0 Å². The van der Waals surface area contributed by atoms with Crippen molar-refractivity contribution in [2.45, 2.75) is 47.9 Å². The maximum Gasteiger partial charge on any atom is 0.248 e. The van der Waals surface area contributed by atoms with Gasteiger partial charge in [-0.1, -0.05) is 11.6 Å². The molecular weight excluding hydrogens is 316 g/mol. The second-order valence-corrected chi connectivity index (χ2v) is 8.14. The zero-order chi connectivity index (χ0) is 15.3. The number of rotatable bonds is 2. The molecule has 22 heavy (non-hydrogen) atoms. The highest BCUT2D eigenvalue weighted by Crippen LogP contribution is 2.43. The number of hydrogen-bond acceptors (Lipinski definition) is 3. The SMILES string of the molecule is CN1[C@@H]2CC[C@H]1C[C@H](Sc1ccc3[nH]c(=O)ccc3c1Cl)C2. The first-order chi connectivity index (χ1) is 10.6. The fraction of sp³-hybridized carbons (Fsp3) is 0.471. The molecule has 0 amide bonds. The van der Waals surface area contributed by atoms with Crippen LogP contribution in [0.5, 0.6) is 0 Å². The van der Waals surface area contributed by atoms with Crippen LogP contribution in [-0.2, 0) is 0 Å². The van der Waals surface area contributed by atoms with Crippen molar-refractivity contribution in [1.82, 2.24) is 9.88 Å². The number of piperidine rings is 1. The molecule has 1 aromatic carbocycles. The Morgan fingerprint density at radius 1 is 1.18 bits per heavy atom. The van der Waals surface area contributed by atoms with Gasteiger partial charge in [0, 0.05) is 39.2 Å². The molecule has 3 heterocycles. The zero-order valence-electron chi connectivity index (χ0n) is 12.5. The fourth-order valence-electron chi connectivity index (χ4n) is 3.91. The van der Waals surface area contributed by atoms with Crippen molar-refractivity contribution >= 4 is 34.3 Å². The second-order valence-electron chi connectivity index (χ2n) is 6.42. The van der Waals surface area contributed by atoms with Crippen LogP contribution in [0.4, 0.5) is 0 Å². The average Bonchev–Trinajstić information content (AvgIpc) is 2.73. The van der Waals surface area contributed by atoms with E-state index in [0.29, 0.717) is 5.25 Å². The van der Waals surface area contributed by atoms with Crippen molar-refractivity contribution in [3.63, 3.8) is 0 Å². The lowest BCUT2D eigenvalue weighted by atomic mass is 10.0. The van der Waals surface area contributed by atoms with Crippen LogP contribution in [0.3, 0.4) is 0 Å². The molecule has 2 saturated heterocycles. The number of nitrogens with zero attached hydrogens (tertiary/aromatic N) is 1. The molecule has 3 atom stereocenters. The molecule has 0 aliphatic carbocycles. The van der Waals surface area contributed by atoms with Crippen molar-refractivity contribution in [2.75, 3.05) is 7.05 Å². The Labute approximate surface area is 139 Å². The van der Waals surface area contributed by atoms with Gasteiger partial charge in [-0.25, -0.2) is 0 Å². The third-order valence-corrected chi connectivity index (χ3v) is 6.98. The molecule has 2 fully saturated rings. The van der Waals surface area contributed by atoms with E-state index >= 15 is 0 Å². The van der Waals surface area contributed by atoms with E-state index in [0.717, 1.165) is 32.9 Å². The van der Waals surface area contributed by atoms with E-state index in [-0.39, 0.29) is 5.56 Å². The van der Waals surface area contributed by atoms with E-state index in [4.69, 9.17) is 11.6 Å². The van der Waals surface area contributed by atoms with Crippen molar-refractivity contribution < 1.29 is 0 Å². The smallest absolute Gasteiger partial charge is 0.248 e. The molecule has 2 bridgehead atoms. The van der Waals surface area contributed by atoms with Crippen molar-refractivity contribution in [3.8, 4) is 0 Å². The molecule has 1 aromatic heterocycles. The summed E-state index contributed by atoms with van der Waals surface area (Å²) in [6.45, 7) is 0. The highest BCUT2D eigenvalue weighted by atomic mass is 35.5. The minimum atomic E-state index is -0.0872. The van der Waals surface area contributed by atoms with Gasteiger partial charge < -0.3 is 9.88 Å². The molecule has 5 heteroatoms. The van der Waals surface area contributed by atoms with E-state index in [1.54, 1.807) is 6.07 Å². The van der Waals surface area contributed by atoms with E-state index in [2.05, 4.69) is 16.9 Å². The number of halogens is 1. The molecule has 0 spiro atoms. The minimum absolute atomic E-state index is 0.0872. The number of aromatic nitrogens is 1. The van der Waals surface area contributed by atoms with Crippen molar-refractivity contribution in [3.05, 3.63) is 39.6 Å². The van der Waals surface area contributed by atoms with Gasteiger partial charge in [-0.15, -0.1) is 11.8 Å². The molecule has 0 saturated carbocycles. The normalized spacial score (nSPS) is 28.4. The van der Waals surface area contributed by atoms with Crippen molar-refractivity contribution in [1.29, 1.82) is 0 Å². The first-order valence-electron chi connectivity index (χ1n) is 7.82. The molecule has 4 rings (SSSR count). The van der Waals surface area contributed by atoms with Gasteiger partial charge in [0.1, 0.15) is 0 Å². The highest BCUT2D eigenvalue weighted by Gasteiger charge is 2.38. The van der Waals surface area contributed by atoms with Gasteiger partial charge in [0.2, 0.25) is 5.56 Å². The number of benzene rings is 1. The maximum atomic E-state index is 11.4. The summed E-state index contributed by atoms with van der Waals surface area (Å²) < 4.78 is 0. The molecule has 116 valence electrons. The summed E-state index contributed by atoms with van der Waals surface area (Å²) in [7, 11) is 2.27. The van der Waals surface area contributed by atoms with E-state index in [9.17, 15) is 4.79 Å². The lowest BCUT2D eigenvalue weighted by Gasteiger charge is -2.36. The van der Waals surface area contributed by atoms with Crippen LogP contribution in [-0.4, -0.2) is 34.3 Å². The van der Waals surface area contributed by atoms with E-state index in [1.165, 1.54) is 25.7 Å². The first kappa shape index (κ1) is 14.6.